The van der Waals surface area contributed by atoms with Crippen LogP contribution in [0.5, 0.6) is 0 Å². The van der Waals surface area contributed by atoms with Gasteiger partial charge >= 0.3 is 5.97 Å². The lowest BCUT2D eigenvalue weighted by Gasteiger charge is -2.40. The first-order valence-corrected chi connectivity index (χ1v) is 6.14. The molecule has 1 amide bonds. The Morgan fingerprint density at radius 3 is 2.76 bits per heavy atom. The minimum atomic E-state index is -0.224. The van der Waals surface area contributed by atoms with Crippen LogP contribution in [-0.2, 0) is 14.3 Å². The minimum Gasteiger partial charge on any atom is -0.469 e. The van der Waals surface area contributed by atoms with Gasteiger partial charge in [-0.25, -0.2) is 0 Å². The summed E-state index contributed by atoms with van der Waals surface area (Å²) >= 11 is 0. The normalized spacial score (nSPS) is 24.9. The molecule has 0 aromatic carbocycles. The van der Waals surface area contributed by atoms with E-state index in [9.17, 15) is 9.59 Å². The van der Waals surface area contributed by atoms with E-state index in [1.807, 2.05) is 20.8 Å². The molecule has 98 valence electrons. The van der Waals surface area contributed by atoms with Crippen molar-refractivity contribution in [1.29, 1.82) is 0 Å². The highest BCUT2D eigenvalue weighted by Crippen LogP contribution is 2.19. The Labute approximate surface area is 102 Å². The fraction of sp³-hybridized carbons (Fsp3) is 0.833. The predicted molar refractivity (Wildman–Crippen MR) is 64.4 cm³/mol. The Bertz CT molecular complexity index is 293. The molecule has 0 bridgehead atoms. The van der Waals surface area contributed by atoms with E-state index in [4.69, 9.17) is 4.74 Å². The summed E-state index contributed by atoms with van der Waals surface area (Å²) in [5.74, 6) is -0.388. The third-order valence-electron chi connectivity index (χ3n) is 3.58. The van der Waals surface area contributed by atoms with Gasteiger partial charge in [0.2, 0.25) is 5.91 Å². The SMILES string of the molecule is CCC1C(=O)NCCN1C(C)C(C)C(=O)OC. The van der Waals surface area contributed by atoms with Crippen LogP contribution in [0.25, 0.3) is 0 Å². The number of nitrogens with zero attached hydrogens (tertiary/aromatic N) is 1. The lowest BCUT2D eigenvalue weighted by molar-refractivity contribution is -0.149. The molecule has 1 heterocycles. The number of amides is 1. The second-order valence-corrected chi connectivity index (χ2v) is 4.51. The van der Waals surface area contributed by atoms with Gasteiger partial charge in [-0.05, 0) is 13.3 Å². The van der Waals surface area contributed by atoms with Crippen LogP contribution in [0.2, 0.25) is 0 Å². The van der Waals surface area contributed by atoms with Crippen molar-refractivity contribution in [2.45, 2.75) is 39.3 Å². The molecular formula is C12H22N2O3. The third kappa shape index (κ3) is 2.97. The van der Waals surface area contributed by atoms with Gasteiger partial charge in [0.05, 0.1) is 19.1 Å². The minimum absolute atomic E-state index is 0.0125. The molecule has 5 nitrogen and oxygen atoms in total. The Morgan fingerprint density at radius 2 is 2.24 bits per heavy atom. The molecule has 3 unspecified atom stereocenters. The molecule has 1 N–H and O–H groups in total. The fourth-order valence-electron chi connectivity index (χ4n) is 2.31. The number of nitrogens with one attached hydrogen (secondary N) is 1. The highest BCUT2D eigenvalue weighted by molar-refractivity contribution is 5.82. The smallest absolute Gasteiger partial charge is 0.309 e. The van der Waals surface area contributed by atoms with E-state index in [-0.39, 0.29) is 29.9 Å². The zero-order valence-corrected chi connectivity index (χ0v) is 11.0. The molecule has 1 aliphatic rings. The summed E-state index contributed by atoms with van der Waals surface area (Å²) in [4.78, 5) is 25.4. The van der Waals surface area contributed by atoms with Crippen molar-refractivity contribution < 1.29 is 14.3 Å². The van der Waals surface area contributed by atoms with Crippen LogP contribution >= 0.6 is 0 Å². The molecule has 3 atom stereocenters. The predicted octanol–water partition coefficient (Wildman–Crippen LogP) is 0.394. The molecule has 0 aliphatic carbocycles. The second kappa shape index (κ2) is 6.00. The Balaban J connectivity index is 2.75. The molecule has 0 aromatic heterocycles. The number of rotatable bonds is 4. The van der Waals surface area contributed by atoms with Crippen LogP contribution in [0.4, 0.5) is 0 Å². The molecule has 1 aliphatic heterocycles. The molecule has 0 aromatic rings. The number of carbonyl (C=O) groups is 2. The molecule has 17 heavy (non-hydrogen) atoms. The topological polar surface area (TPSA) is 58.6 Å². The summed E-state index contributed by atoms with van der Waals surface area (Å²) in [7, 11) is 1.39. The van der Waals surface area contributed by atoms with Crippen LogP contribution in [0, 0.1) is 5.92 Å². The van der Waals surface area contributed by atoms with Gasteiger partial charge in [-0.15, -0.1) is 0 Å². The van der Waals surface area contributed by atoms with E-state index < -0.39 is 0 Å². The number of esters is 1. The summed E-state index contributed by atoms with van der Waals surface area (Å²) in [5, 5.41) is 2.85. The standard InChI is InChI=1S/C12H22N2O3/c1-5-10-11(15)13-6-7-14(10)9(3)8(2)12(16)17-4/h8-10H,5-7H2,1-4H3,(H,13,15). The van der Waals surface area contributed by atoms with E-state index in [1.165, 1.54) is 7.11 Å². The van der Waals surface area contributed by atoms with Crippen molar-refractivity contribution >= 4 is 11.9 Å². The van der Waals surface area contributed by atoms with Gasteiger partial charge in [0.1, 0.15) is 0 Å². The number of methoxy groups -OCH3 is 1. The second-order valence-electron chi connectivity index (χ2n) is 4.51. The van der Waals surface area contributed by atoms with E-state index in [0.29, 0.717) is 6.54 Å². The maximum absolute atomic E-state index is 11.7. The maximum Gasteiger partial charge on any atom is 0.309 e. The van der Waals surface area contributed by atoms with Crippen molar-refractivity contribution in [3.8, 4) is 0 Å². The first kappa shape index (κ1) is 14.0. The summed E-state index contributed by atoms with van der Waals surface area (Å²) in [6, 6.07) is -0.121. The molecule has 0 saturated carbocycles. The number of piperazine rings is 1. The monoisotopic (exact) mass is 242 g/mol. The van der Waals surface area contributed by atoms with Crippen molar-refractivity contribution in [3.05, 3.63) is 0 Å². The van der Waals surface area contributed by atoms with E-state index in [2.05, 4.69) is 10.2 Å². The van der Waals surface area contributed by atoms with Crippen LogP contribution < -0.4 is 5.32 Å². The van der Waals surface area contributed by atoms with Gasteiger partial charge in [0.25, 0.3) is 0 Å². The summed E-state index contributed by atoms with van der Waals surface area (Å²) in [5.41, 5.74) is 0. The lowest BCUT2D eigenvalue weighted by atomic mass is 9.98. The first-order chi connectivity index (χ1) is 8.02. The quantitative estimate of drug-likeness (QED) is 0.725. The van der Waals surface area contributed by atoms with E-state index in [0.717, 1.165) is 13.0 Å². The lowest BCUT2D eigenvalue weighted by Crippen LogP contribution is -2.59. The van der Waals surface area contributed by atoms with Crippen LogP contribution in [-0.4, -0.2) is 49.1 Å². The molecule has 1 rings (SSSR count). The molecular weight excluding hydrogens is 220 g/mol. The molecule has 1 saturated heterocycles. The van der Waals surface area contributed by atoms with E-state index >= 15 is 0 Å². The number of hydrogen-bond acceptors (Lipinski definition) is 4. The molecule has 1 fully saturated rings. The third-order valence-corrected chi connectivity index (χ3v) is 3.58. The Hall–Kier alpha value is -1.10. The zero-order valence-electron chi connectivity index (χ0n) is 11.0. The largest absolute Gasteiger partial charge is 0.469 e. The molecule has 5 heteroatoms. The first-order valence-electron chi connectivity index (χ1n) is 6.14. The van der Waals surface area contributed by atoms with Crippen molar-refractivity contribution in [2.24, 2.45) is 5.92 Å². The van der Waals surface area contributed by atoms with Crippen molar-refractivity contribution in [2.75, 3.05) is 20.2 Å². The van der Waals surface area contributed by atoms with Crippen LogP contribution in [0.1, 0.15) is 27.2 Å². The Kier molecular flexibility index (Phi) is 4.93. The number of ether oxygens (including phenoxy) is 1. The highest BCUT2D eigenvalue weighted by Gasteiger charge is 2.35. The van der Waals surface area contributed by atoms with Gasteiger partial charge in [0.15, 0.2) is 0 Å². The summed E-state index contributed by atoms with van der Waals surface area (Å²) in [6.07, 6.45) is 0.754. The number of carbonyl (C=O) groups excluding carboxylic acids is 2. The fourth-order valence-corrected chi connectivity index (χ4v) is 2.31. The average Bonchev–Trinajstić information content (AvgIpc) is 2.35. The Morgan fingerprint density at radius 1 is 1.59 bits per heavy atom. The van der Waals surface area contributed by atoms with Crippen molar-refractivity contribution in [3.63, 3.8) is 0 Å². The maximum atomic E-state index is 11.7. The van der Waals surface area contributed by atoms with Gasteiger partial charge < -0.3 is 10.1 Å². The molecule has 0 radical (unpaired) electrons. The van der Waals surface area contributed by atoms with Crippen LogP contribution in [0.3, 0.4) is 0 Å². The van der Waals surface area contributed by atoms with Crippen molar-refractivity contribution in [1.82, 2.24) is 10.2 Å². The van der Waals surface area contributed by atoms with Gasteiger partial charge in [-0.3, -0.25) is 14.5 Å². The summed E-state index contributed by atoms with van der Waals surface area (Å²) < 4.78 is 4.75. The summed E-state index contributed by atoms with van der Waals surface area (Å²) in [6.45, 7) is 7.23. The zero-order chi connectivity index (χ0) is 13.0. The number of hydrogen-bond donors (Lipinski definition) is 1. The van der Waals surface area contributed by atoms with E-state index in [1.54, 1.807) is 0 Å². The van der Waals surface area contributed by atoms with Crippen LogP contribution in [0.15, 0.2) is 0 Å². The van der Waals surface area contributed by atoms with Gasteiger partial charge in [0, 0.05) is 19.1 Å². The van der Waals surface area contributed by atoms with Gasteiger partial charge in [-0.2, -0.15) is 0 Å². The molecule has 0 spiro atoms. The highest BCUT2D eigenvalue weighted by atomic mass is 16.5. The van der Waals surface area contributed by atoms with Gasteiger partial charge in [-0.1, -0.05) is 13.8 Å². The average molecular weight is 242 g/mol.